The normalized spacial score (nSPS) is 14.4. The fraction of sp³-hybridized carbons (Fsp3) is 0.316. The molecule has 27 heavy (non-hydrogen) atoms. The maximum atomic E-state index is 11.7. The van der Waals surface area contributed by atoms with Crippen LogP contribution in [0.5, 0.6) is 0 Å². The van der Waals surface area contributed by atoms with Gasteiger partial charge in [-0.25, -0.2) is 14.8 Å². The Balaban J connectivity index is 1.46. The van der Waals surface area contributed by atoms with Crippen LogP contribution in [0.1, 0.15) is 28.2 Å². The zero-order valence-corrected chi connectivity index (χ0v) is 15.1. The molecule has 0 spiro atoms. The van der Waals surface area contributed by atoms with Crippen molar-refractivity contribution >= 4 is 5.97 Å². The number of aromatic nitrogens is 5. The van der Waals surface area contributed by atoms with Crippen LogP contribution in [0, 0.1) is 0 Å². The van der Waals surface area contributed by atoms with Gasteiger partial charge in [0.25, 0.3) is 0 Å². The Morgan fingerprint density at radius 1 is 1.19 bits per heavy atom. The van der Waals surface area contributed by atoms with Crippen LogP contribution in [0.4, 0.5) is 0 Å². The van der Waals surface area contributed by atoms with E-state index in [1.807, 2.05) is 41.3 Å². The Morgan fingerprint density at radius 3 is 2.78 bits per heavy atom. The molecule has 4 rings (SSSR count). The lowest BCUT2D eigenvalue weighted by atomic mass is 10.2. The van der Waals surface area contributed by atoms with E-state index in [9.17, 15) is 4.79 Å². The number of hydrogen-bond acceptors (Lipinski definition) is 7. The van der Waals surface area contributed by atoms with E-state index in [1.165, 1.54) is 7.11 Å². The predicted octanol–water partition coefficient (Wildman–Crippen LogP) is 1.93. The van der Waals surface area contributed by atoms with Gasteiger partial charge in [0.05, 0.1) is 12.8 Å². The number of hydrogen-bond donors (Lipinski definition) is 0. The average molecular weight is 364 g/mol. The molecule has 0 atom stereocenters. The number of pyridine rings is 1. The minimum Gasteiger partial charge on any atom is -0.464 e. The van der Waals surface area contributed by atoms with Gasteiger partial charge in [-0.1, -0.05) is 6.07 Å². The SMILES string of the molecule is COC(=O)c1cc2n(n1)CCCN(Cc1cnc(-c3ccccn3)nc1)C2. The fourth-order valence-electron chi connectivity index (χ4n) is 3.19. The molecule has 8 heteroatoms. The largest absolute Gasteiger partial charge is 0.464 e. The highest BCUT2D eigenvalue weighted by molar-refractivity contribution is 5.87. The molecule has 3 aromatic rings. The van der Waals surface area contributed by atoms with Crippen molar-refractivity contribution in [2.24, 2.45) is 0 Å². The molecular weight excluding hydrogens is 344 g/mol. The van der Waals surface area contributed by atoms with Gasteiger partial charge in [0, 0.05) is 50.3 Å². The summed E-state index contributed by atoms with van der Waals surface area (Å²) in [7, 11) is 1.37. The second-order valence-electron chi connectivity index (χ2n) is 6.43. The van der Waals surface area contributed by atoms with Crippen LogP contribution >= 0.6 is 0 Å². The molecule has 0 amide bonds. The number of methoxy groups -OCH3 is 1. The molecule has 1 aliphatic heterocycles. The number of ether oxygens (including phenoxy) is 1. The molecule has 0 bridgehead atoms. The third-order valence-corrected chi connectivity index (χ3v) is 4.49. The van der Waals surface area contributed by atoms with Crippen molar-refractivity contribution in [1.82, 2.24) is 29.6 Å². The molecule has 0 aromatic carbocycles. The first-order valence-electron chi connectivity index (χ1n) is 8.82. The number of fused-ring (bicyclic) bond motifs is 1. The van der Waals surface area contributed by atoms with Crippen molar-refractivity contribution < 1.29 is 9.53 Å². The van der Waals surface area contributed by atoms with E-state index in [1.54, 1.807) is 6.20 Å². The van der Waals surface area contributed by atoms with E-state index in [-0.39, 0.29) is 0 Å². The van der Waals surface area contributed by atoms with Gasteiger partial charge < -0.3 is 4.74 Å². The van der Waals surface area contributed by atoms with E-state index in [4.69, 9.17) is 4.74 Å². The summed E-state index contributed by atoms with van der Waals surface area (Å²) in [5.74, 6) is 0.219. The van der Waals surface area contributed by atoms with Gasteiger partial charge in [0.1, 0.15) is 5.69 Å². The first kappa shape index (κ1) is 17.3. The molecule has 0 radical (unpaired) electrons. The molecule has 138 valence electrons. The summed E-state index contributed by atoms with van der Waals surface area (Å²) in [6.45, 7) is 3.18. The van der Waals surface area contributed by atoms with Crippen LogP contribution in [0.15, 0.2) is 42.9 Å². The van der Waals surface area contributed by atoms with Crippen LogP contribution in [0.2, 0.25) is 0 Å². The zero-order valence-electron chi connectivity index (χ0n) is 15.1. The summed E-state index contributed by atoms with van der Waals surface area (Å²) < 4.78 is 6.66. The van der Waals surface area contributed by atoms with Crippen LogP contribution in [-0.4, -0.2) is 49.3 Å². The topological polar surface area (TPSA) is 86.0 Å². The molecule has 0 aliphatic carbocycles. The number of carbonyl (C=O) groups is 1. The average Bonchev–Trinajstić information content (AvgIpc) is 3.02. The van der Waals surface area contributed by atoms with Gasteiger partial charge in [-0.3, -0.25) is 14.6 Å². The second-order valence-corrected chi connectivity index (χ2v) is 6.43. The summed E-state index contributed by atoms with van der Waals surface area (Å²) in [6, 6.07) is 7.49. The number of rotatable bonds is 4. The minimum atomic E-state index is -0.402. The Morgan fingerprint density at radius 2 is 2.04 bits per heavy atom. The third-order valence-electron chi connectivity index (χ3n) is 4.49. The predicted molar refractivity (Wildman–Crippen MR) is 97.6 cm³/mol. The Kier molecular flexibility index (Phi) is 4.88. The van der Waals surface area contributed by atoms with Crippen molar-refractivity contribution in [2.75, 3.05) is 13.7 Å². The number of esters is 1. The van der Waals surface area contributed by atoms with Crippen LogP contribution in [-0.2, 0) is 24.4 Å². The van der Waals surface area contributed by atoms with E-state index in [0.717, 1.165) is 43.0 Å². The zero-order chi connectivity index (χ0) is 18.6. The number of carbonyl (C=O) groups excluding carboxylic acids is 1. The molecule has 0 saturated carbocycles. The summed E-state index contributed by atoms with van der Waals surface area (Å²) in [6.07, 6.45) is 6.38. The molecule has 0 unspecified atom stereocenters. The molecule has 8 nitrogen and oxygen atoms in total. The van der Waals surface area contributed by atoms with Crippen molar-refractivity contribution in [3.63, 3.8) is 0 Å². The molecular formula is C19H20N6O2. The lowest BCUT2D eigenvalue weighted by molar-refractivity contribution is 0.0593. The third kappa shape index (κ3) is 3.85. The molecule has 3 aromatic heterocycles. The number of aryl methyl sites for hydroxylation is 1. The highest BCUT2D eigenvalue weighted by Crippen LogP contribution is 2.17. The van der Waals surface area contributed by atoms with E-state index < -0.39 is 5.97 Å². The number of nitrogens with zero attached hydrogens (tertiary/aromatic N) is 6. The summed E-state index contributed by atoms with van der Waals surface area (Å²) in [4.78, 5) is 27.2. The molecule has 0 N–H and O–H groups in total. The maximum absolute atomic E-state index is 11.7. The first-order valence-corrected chi connectivity index (χ1v) is 8.82. The minimum absolute atomic E-state index is 0.359. The van der Waals surface area contributed by atoms with Gasteiger partial charge in [-0.15, -0.1) is 0 Å². The quantitative estimate of drug-likeness (QED) is 0.654. The summed E-state index contributed by atoms with van der Waals surface area (Å²) in [5, 5.41) is 4.35. The van der Waals surface area contributed by atoms with Crippen LogP contribution < -0.4 is 0 Å². The van der Waals surface area contributed by atoms with Gasteiger partial charge in [-0.2, -0.15) is 5.10 Å². The van der Waals surface area contributed by atoms with Crippen molar-refractivity contribution in [2.45, 2.75) is 26.1 Å². The van der Waals surface area contributed by atoms with E-state index in [2.05, 4.69) is 25.0 Å². The molecule has 0 fully saturated rings. The molecule has 1 aliphatic rings. The lowest BCUT2D eigenvalue weighted by Crippen LogP contribution is -2.23. The van der Waals surface area contributed by atoms with E-state index >= 15 is 0 Å². The van der Waals surface area contributed by atoms with Crippen LogP contribution in [0.25, 0.3) is 11.5 Å². The van der Waals surface area contributed by atoms with Gasteiger partial charge in [0.15, 0.2) is 11.5 Å². The molecule has 0 saturated heterocycles. The monoisotopic (exact) mass is 364 g/mol. The fourth-order valence-corrected chi connectivity index (χ4v) is 3.19. The highest BCUT2D eigenvalue weighted by atomic mass is 16.5. The summed E-state index contributed by atoms with van der Waals surface area (Å²) >= 11 is 0. The van der Waals surface area contributed by atoms with Crippen molar-refractivity contribution in [1.29, 1.82) is 0 Å². The highest BCUT2D eigenvalue weighted by Gasteiger charge is 2.20. The van der Waals surface area contributed by atoms with E-state index in [0.29, 0.717) is 18.1 Å². The van der Waals surface area contributed by atoms with Crippen molar-refractivity contribution in [3.8, 4) is 11.5 Å². The van der Waals surface area contributed by atoms with Gasteiger partial charge >= 0.3 is 5.97 Å². The maximum Gasteiger partial charge on any atom is 0.358 e. The Labute approximate surface area is 156 Å². The Hall–Kier alpha value is -3.13. The summed E-state index contributed by atoms with van der Waals surface area (Å²) in [5.41, 5.74) is 3.17. The smallest absolute Gasteiger partial charge is 0.358 e. The standard InChI is InChI=1S/C19H20N6O2/c1-27-19(26)17-9-15-13-24(7-4-8-25(15)23-17)12-14-10-21-18(22-11-14)16-5-2-3-6-20-16/h2-3,5-6,9-11H,4,7-8,12-13H2,1H3. The Bertz CT molecular complexity index is 923. The van der Waals surface area contributed by atoms with Gasteiger partial charge in [-0.05, 0) is 24.6 Å². The van der Waals surface area contributed by atoms with Gasteiger partial charge in [0.2, 0.25) is 0 Å². The molecule has 4 heterocycles. The van der Waals surface area contributed by atoms with Crippen LogP contribution in [0.3, 0.4) is 0 Å². The second kappa shape index (κ2) is 7.63. The van der Waals surface area contributed by atoms with Crippen molar-refractivity contribution in [3.05, 3.63) is 59.8 Å². The lowest BCUT2D eigenvalue weighted by Gasteiger charge is -2.19. The first-order chi connectivity index (χ1) is 13.2.